The van der Waals surface area contributed by atoms with E-state index < -0.39 is 5.91 Å². The van der Waals surface area contributed by atoms with Gasteiger partial charge in [0.25, 0.3) is 5.91 Å². The Morgan fingerprint density at radius 2 is 1.84 bits per heavy atom. The van der Waals surface area contributed by atoms with Crippen LogP contribution >= 0.6 is 0 Å². The summed E-state index contributed by atoms with van der Waals surface area (Å²) in [6.07, 6.45) is 0. The molecule has 19 heavy (non-hydrogen) atoms. The molecule has 0 spiro atoms. The summed E-state index contributed by atoms with van der Waals surface area (Å²) >= 11 is 0. The highest BCUT2D eigenvalue weighted by atomic mass is 19.1. The van der Waals surface area contributed by atoms with Crippen molar-refractivity contribution in [3.05, 3.63) is 70.4 Å². The smallest absolute Gasteiger partial charge is 0.256 e. The molecule has 0 saturated carbocycles. The number of halogens is 1. The van der Waals surface area contributed by atoms with Gasteiger partial charge in [-0.15, -0.1) is 0 Å². The van der Waals surface area contributed by atoms with Gasteiger partial charge in [-0.2, -0.15) is 0 Å². The van der Waals surface area contributed by atoms with E-state index in [1.54, 1.807) is 24.3 Å². The Hall–Kier alpha value is -2.85. The second-order valence-corrected chi connectivity index (χ2v) is 3.67. The van der Waals surface area contributed by atoms with Crippen molar-refractivity contribution in [2.45, 2.75) is 0 Å². The number of anilines is 1. The summed E-state index contributed by atoms with van der Waals surface area (Å²) < 4.78 is 12.7. The molecule has 0 atom stereocenters. The summed E-state index contributed by atoms with van der Waals surface area (Å²) in [4.78, 5) is 14.7. The molecule has 1 N–H and O–H groups in total. The van der Waals surface area contributed by atoms with E-state index in [2.05, 4.69) is 15.3 Å². The fourth-order valence-corrected chi connectivity index (χ4v) is 1.53. The second kappa shape index (κ2) is 5.66. The summed E-state index contributed by atoms with van der Waals surface area (Å²) in [5, 5.41) is 6.04. The minimum absolute atomic E-state index is 0.240. The molecule has 2 aromatic rings. The second-order valence-electron chi connectivity index (χ2n) is 3.67. The van der Waals surface area contributed by atoms with Crippen molar-refractivity contribution < 1.29 is 9.18 Å². The third-order valence-corrected chi connectivity index (χ3v) is 2.40. The van der Waals surface area contributed by atoms with Crippen molar-refractivity contribution in [1.29, 1.82) is 0 Å². The summed E-state index contributed by atoms with van der Waals surface area (Å²) in [6, 6.07) is 11.8. The van der Waals surface area contributed by atoms with Gasteiger partial charge in [0.1, 0.15) is 5.82 Å². The molecule has 94 valence electrons. The van der Waals surface area contributed by atoms with Gasteiger partial charge < -0.3 is 5.32 Å². The van der Waals surface area contributed by atoms with Crippen molar-refractivity contribution in [2.24, 2.45) is 5.11 Å². The van der Waals surface area contributed by atoms with E-state index >= 15 is 0 Å². The number of amides is 1. The van der Waals surface area contributed by atoms with Gasteiger partial charge in [-0.3, -0.25) is 4.79 Å². The molecular weight excluding hydrogens is 247 g/mol. The number of nitrogens with zero attached hydrogens (tertiary/aromatic N) is 3. The Balaban J connectivity index is 2.25. The largest absolute Gasteiger partial charge is 0.322 e. The lowest BCUT2D eigenvalue weighted by atomic mass is 10.1. The molecule has 0 saturated heterocycles. The van der Waals surface area contributed by atoms with Crippen LogP contribution in [-0.4, -0.2) is 5.91 Å². The van der Waals surface area contributed by atoms with Crippen LogP contribution in [0.2, 0.25) is 0 Å². The molecule has 5 nitrogen and oxygen atoms in total. The fraction of sp³-hybridized carbons (Fsp3) is 0. The van der Waals surface area contributed by atoms with Crippen molar-refractivity contribution in [1.82, 2.24) is 0 Å². The third-order valence-electron chi connectivity index (χ3n) is 2.40. The molecule has 0 unspecified atom stereocenters. The third kappa shape index (κ3) is 3.08. The van der Waals surface area contributed by atoms with Gasteiger partial charge in [0.15, 0.2) is 0 Å². The molecule has 0 bridgehead atoms. The first kappa shape index (κ1) is 12.6. The van der Waals surface area contributed by atoms with Crippen LogP contribution in [0.3, 0.4) is 0 Å². The van der Waals surface area contributed by atoms with Gasteiger partial charge in [0.05, 0.1) is 5.69 Å². The zero-order valence-corrected chi connectivity index (χ0v) is 9.75. The number of hydrogen-bond acceptors (Lipinski definition) is 2. The molecule has 0 aliphatic heterocycles. The van der Waals surface area contributed by atoms with Crippen molar-refractivity contribution in [2.75, 3.05) is 5.32 Å². The van der Waals surface area contributed by atoms with E-state index in [4.69, 9.17) is 5.53 Å². The topological polar surface area (TPSA) is 77.9 Å². The summed E-state index contributed by atoms with van der Waals surface area (Å²) in [5.41, 5.74) is 9.39. The average Bonchev–Trinajstić information content (AvgIpc) is 2.42. The van der Waals surface area contributed by atoms with Crippen LogP contribution in [0.4, 0.5) is 15.8 Å². The van der Waals surface area contributed by atoms with Crippen LogP contribution in [-0.2, 0) is 0 Å². The van der Waals surface area contributed by atoms with Crippen LogP contribution in [0.25, 0.3) is 10.4 Å². The van der Waals surface area contributed by atoms with Crippen LogP contribution in [0.5, 0.6) is 0 Å². The van der Waals surface area contributed by atoms with Crippen LogP contribution in [0, 0.1) is 5.82 Å². The molecule has 2 rings (SSSR count). The molecule has 0 radical (unpaired) electrons. The zero-order valence-electron chi connectivity index (χ0n) is 9.75. The van der Waals surface area contributed by atoms with Crippen LogP contribution in [0.15, 0.2) is 53.6 Å². The standard InChI is InChI=1S/C13H9FN4O/c14-9-5-7-10(8-6-9)16-13(19)11-3-1-2-4-12(11)17-18-15/h1-8H,(H,16,19). The van der Waals surface area contributed by atoms with E-state index in [0.717, 1.165) is 0 Å². The highest BCUT2D eigenvalue weighted by Gasteiger charge is 2.09. The number of carbonyl (C=O) groups excluding carboxylic acids is 1. The Labute approximate surface area is 108 Å². The minimum Gasteiger partial charge on any atom is -0.322 e. The molecule has 0 fully saturated rings. The molecule has 0 aliphatic rings. The van der Waals surface area contributed by atoms with E-state index in [1.807, 2.05) is 0 Å². The zero-order chi connectivity index (χ0) is 13.7. The number of rotatable bonds is 3. The Morgan fingerprint density at radius 1 is 1.16 bits per heavy atom. The van der Waals surface area contributed by atoms with E-state index in [9.17, 15) is 9.18 Å². The highest BCUT2D eigenvalue weighted by molar-refractivity contribution is 6.07. The SMILES string of the molecule is [N-]=[N+]=Nc1ccccc1C(=O)Nc1ccc(F)cc1. The molecule has 2 aromatic carbocycles. The first-order valence-corrected chi connectivity index (χ1v) is 5.42. The number of azide groups is 1. The van der Waals surface area contributed by atoms with Gasteiger partial charge in [0, 0.05) is 16.2 Å². The number of hydrogen-bond donors (Lipinski definition) is 1. The lowest BCUT2D eigenvalue weighted by Crippen LogP contribution is -2.11. The van der Waals surface area contributed by atoms with E-state index in [-0.39, 0.29) is 17.1 Å². The first-order chi connectivity index (χ1) is 9.20. The Kier molecular flexibility index (Phi) is 3.75. The maximum Gasteiger partial charge on any atom is 0.256 e. The normalized spacial score (nSPS) is 9.53. The molecule has 6 heteroatoms. The Morgan fingerprint density at radius 3 is 2.53 bits per heavy atom. The van der Waals surface area contributed by atoms with Gasteiger partial charge in [0.2, 0.25) is 0 Å². The van der Waals surface area contributed by atoms with Gasteiger partial charge >= 0.3 is 0 Å². The van der Waals surface area contributed by atoms with E-state index in [0.29, 0.717) is 5.69 Å². The van der Waals surface area contributed by atoms with E-state index in [1.165, 1.54) is 24.3 Å². The maximum atomic E-state index is 12.7. The minimum atomic E-state index is -0.422. The molecule has 0 heterocycles. The number of carbonyl (C=O) groups is 1. The lowest BCUT2D eigenvalue weighted by molar-refractivity contribution is 0.102. The highest BCUT2D eigenvalue weighted by Crippen LogP contribution is 2.20. The van der Waals surface area contributed by atoms with Crippen LogP contribution in [0.1, 0.15) is 10.4 Å². The summed E-state index contributed by atoms with van der Waals surface area (Å²) in [7, 11) is 0. The molecular formula is C13H9FN4O. The lowest BCUT2D eigenvalue weighted by Gasteiger charge is -2.07. The van der Waals surface area contributed by atoms with Gasteiger partial charge in [-0.1, -0.05) is 23.3 Å². The average molecular weight is 256 g/mol. The molecule has 0 aliphatic carbocycles. The number of nitrogens with one attached hydrogen (secondary N) is 1. The molecule has 0 aromatic heterocycles. The fourth-order valence-electron chi connectivity index (χ4n) is 1.53. The molecule has 1 amide bonds. The van der Waals surface area contributed by atoms with Crippen LogP contribution < -0.4 is 5.32 Å². The van der Waals surface area contributed by atoms with Gasteiger partial charge in [-0.05, 0) is 35.9 Å². The summed E-state index contributed by atoms with van der Waals surface area (Å²) in [6.45, 7) is 0. The predicted molar refractivity (Wildman–Crippen MR) is 69.6 cm³/mol. The monoisotopic (exact) mass is 256 g/mol. The van der Waals surface area contributed by atoms with Crippen molar-refractivity contribution in [3.63, 3.8) is 0 Å². The predicted octanol–water partition coefficient (Wildman–Crippen LogP) is 4.02. The maximum absolute atomic E-state index is 12.7. The first-order valence-electron chi connectivity index (χ1n) is 5.42. The summed E-state index contributed by atoms with van der Waals surface area (Å²) in [5.74, 6) is -0.804. The van der Waals surface area contributed by atoms with Crippen molar-refractivity contribution >= 4 is 17.3 Å². The van der Waals surface area contributed by atoms with Crippen molar-refractivity contribution in [3.8, 4) is 0 Å². The van der Waals surface area contributed by atoms with Gasteiger partial charge in [-0.25, -0.2) is 4.39 Å². The quantitative estimate of drug-likeness (QED) is 0.502. The Bertz CT molecular complexity index is 648. The number of benzene rings is 2.